The van der Waals surface area contributed by atoms with Crippen LogP contribution in [0.25, 0.3) is 0 Å². The Morgan fingerprint density at radius 3 is 2.79 bits per heavy atom. The second-order valence-electron chi connectivity index (χ2n) is 8.32. The summed E-state index contributed by atoms with van der Waals surface area (Å²) in [6.07, 6.45) is 9.54. The zero-order chi connectivity index (χ0) is 19.5. The third-order valence-electron chi connectivity index (χ3n) is 6.10. The van der Waals surface area contributed by atoms with Crippen LogP contribution in [0.15, 0.2) is 30.5 Å². The van der Waals surface area contributed by atoms with E-state index < -0.39 is 0 Å². The van der Waals surface area contributed by atoms with Crippen molar-refractivity contribution >= 4 is 17.4 Å². The fraction of sp³-hybridized carbons (Fsp3) is 0.522. The van der Waals surface area contributed by atoms with Crippen LogP contribution in [0.2, 0.25) is 0 Å². The Labute approximate surface area is 167 Å². The summed E-state index contributed by atoms with van der Waals surface area (Å²) in [6, 6.07) is 8.21. The van der Waals surface area contributed by atoms with Crippen molar-refractivity contribution in [2.24, 2.45) is 5.92 Å². The van der Waals surface area contributed by atoms with Crippen LogP contribution in [-0.2, 0) is 4.79 Å². The molecule has 1 aliphatic carbocycles. The molecule has 148 valence electrons. The van der Waals surface area contributed by atoms with E-state index in [-0.39, 0.29) is 6.04 Å². The van der Waals surface area contributed by atoms with E-state index in [2.05, 4.69) is 21.3 Å². The number of aryl methyl sites for hydroxylation is 2. The van der Waals surface area contributed by atoms with Crippen LogP contribution in [0.3, 0.4) is 0 Å². The first kappa shape index (κ1) is 18.9. The number of anilines is 2. The Bertz CT molecular complexity index is 844. The molecule has 1 aliphatic heterocycles. The minimum absolute atomic E-state index is 0.0965. The van der Waals surface area contributed by atoms with Gasteiger partial charge in [0.15, 0.2) is 0 Å². The van der Waals surface area contributed by atoms with Gasteiger partial charge in [-0.05, 0) is 69.2 Å². The highest BCUT2D eigenvalue weighted by Gasteiger charge is 2.32. The van der Waals surface area contributed by atoms with Crippen molar-refractivity contribution in [3.05, 3.63) is 47.4 Å². The summed E-state index contributed by atoms with van der Waals surface area (Å²) in [5.74, 6) is 1.76. The summed E-state index contributed by atoms with van der Waals surface area (Å²) in [6.45, 7) is 4.91. The molecule has 28 heavy (non-hydrogen) atoms. The van der Waals surface area contributed by atoms with Gasteiger partial charge in [0.1, 0.15) is 5.82 Å². The van der Waals surface area contributed by atoms with Crippen LogP contribution >= 0.6 is 0 Å². The number of carbonyl (C=O) groups is 1. The lowest BCUT2D eigenvalue weighted by Crippen LogP contribution is -2.32. The first-order valence-electron chi connectivity index (χ1n) is 10.6. The van der Waals surface area contributed by atoms with Gasteiger partial charge in [-0.25, -0.2) is 4.98 Å². The van der Waals surface area contributed by atoms with Crippen LogP contribution in [-0.4, -0.2) is 27.3 Å². The maximum Gasteiger partial charge on any atom is 0.223 e. The smallest absolute Gasteiger partial charge is 0.223 e. The predicted octanol–water partition coefficient (Wildman–Crippen LogP) is 5.08. The van der Waals surface area contributed by atoms with Crippen molar-refractivity contribution in [2.45, 2.75) is 64.8 Å². The Morgan fingerprint density at radius 1 is 1.18 bits per heavy atom. The summed E-state index contributed by atoms with van der Waals surface area (Å²) in [5, 5.41) is 3.43. The molecule has 0 unspecified atom stereocenters. The zero-order valence-electron chi connectivity index (χ0n) is 16.9. The molecule has 1 N–H and O–H groups in total. The molecular weight excluding hydrogens is 348 g/mol. The standard InChI is InChI=1S/C23H30N4O/c1-16-7-5-11-24-23(16)26-19-13-17(2)25-20(15-19)21-10-6-12-27(21)22(28)14-18-8-3-4-9-18/h5,7,11,13,15,18,21H,3-4,6,8-10,12,14H2,1-2H3,(H,24,25,26)/t21-/m1/s1. The molecule has 0 spiro atoms. The molecular formula is C23H30N4O. The average molecular weight is 379 g/mol. The van der Waals surface area contributed by atoms with Gasteiger partial charge < -0.3 is 10.2 Å². The summed E-state index contributed by atoms with van der Waals surface area (Å²) in [5.41, 5.74) is 4.05. The van der Waals surface area contributed by atoms with E-state index in [1.165, 1.54) is 25.7 Å². The highest BCUT2D eigenvalue weighted by molar-refractivity contribution is 5.77. The average Bonchev–Trinajstić information content (AvgIpc) is 3.35. The summed E-state index contributed by atoms with van der Waals surface area (Å²) in [7, 11) is 0. The largest absolute Gasteiger partial charge is 0.340 e. The number of carbonyl (C=O) groups excluding carboxylic acids is 1. The van der Waals surface area contributed by atoms with Gasteiger partial charge in [-0.2, -0.15) is 0 Å². The number of hydrogen-bond donors (Lipinski definition) is 1. The predicted molar refractivity (Wildman–Crippen MR) is 111 cm³/mol. The summed E-state index contributed by atoms with van der Waals surface area (Å²) in [4.78, 5) is 24.3. The number of likely N-dealkylation sites (tertiary alicyclic amines) is 1. The molecule has 3 heterocycles. The van der Waals surface area contributed by atoms with E-state index in [4.69, 9.17) is 4.98 Å². The third-order valence-corrected chi connectivity index (χ3v) is 6.10. The van der Waals surface area contributed by atoms with Gasteiger partial charge in [-0.15, -0.1) is 0 Å². The van der Waals surface area contributed by atoms with Crippen LogP contribution in [0.5, 0.6) is 0 Å². The monoisotopic (exact) mass is 378 g/mol. The molecule has 2 fully saturated rings. The van der Waals surface area contributed by atoms with Crippen molar-refractivity contribution in [2.75, 3.05) is 11.9 Å². The lowest BCUT2D eigenvalue weighted by atomic mass is 10.0. The number of nitrogens with one attached hydrogen (secondary N) is 1. The van der Waals surface area contributed by atoms with E-state index in [0.717, 1.165) is 47.8 Å². The van der Waals surface area contributed by atoms with E-state index in [0.29, 0.717) is 18.2 Å². The number of rotatable bonds is 5. The number of pyridine rings is 2. The van der Waals surface area contributed by atoms with Crippen LogP contribution in [0.1, 0.15) is 67.9 Å². The number of nitrogens with zero attached hydrogens (tertiary/aromatic N) is 3. The zero-order valence-corrected chi connectivity index (χ0v) is 16.9. The Morgan fingerprint density at radius 2 is 2.00 bits per heavy atom. The molecule has 1 saturated carbocycles. The van der Waals surface area contributed by atoms with Gasteiger partial charge >= 0.3 is 0 Å². The molecule has 5 nitrogen and oxygen atoms in total. The maximum absolute atomic E-state index is 13.0. The van der Waals surface area contributed by atoms with Crippen LogP contribution < -0.4 is 5.32 Å². The molecule has 0 aromatic carbocycles. The molecule has 1 atom stereocenters. The number of amides is 1. The molecule has 0 radical (unpaired) electrons. The molecule has 1 saturated heterocycles. The second kappa shape index (κ2) is 8.29. The first-order valence-corrected chi connectivity index (χ1v) is 10.6. The molecule has 0 bridgehead atoms. The van der Waals surface area contributed by atoms with Gasteiger partial charge in [0, 0.05) is 30.5 Å². The lowest BCUT2D eigenvalue weighted by molar-refractivity contribution is -0.133. The Hall–Kier alpha value is -2.43. The van der Waals surface area contributed by atoms with Crippen molar-refractivity contribution in [3.63, 3.8) is 0 Å². The van der Waals surface area contributed by atoms with Crippen LogP contribution in [0, 0.1) is 19.8 Å². The fourth-order valence-corrected chi connectivity index (χ4v) is 4.64. The quantitative estimate of drug-likeness (QED) is 0.788. The van der Waals surface area contributed by atoms with E-state index in [9.17, 15) is 4.79 Å². The van der Waals surface area contributed by atoms with Gasteiger partial charge in [-0.1, -0.05) is 18.9 Å². The lowest BCUT2D eigenvalue weighted by Gasteiger charge is -2.26. The van der Waals surface area contributed by atoms with Gasteiger partial charge in [-0.3, -0.25) is 9.78 Å². The molecule has 1 amide bonds. The van der Waals surface area contributed by atoms with Crippen LogP contribution in [0.4, 0.5) is 11.5 Å². The van der Waals surface area contributed by atoms with Crippen molar-refractivity contribution in [1.82, 2.24) is 14.9 Å². The molecule has 2 aromatic rings. The molecule has 4 rings (SSSR count). The maximum atomic E-state index is 13.0. The third kappa shape index (κ3) is 4.18. The summed E-state index contributed by atoms with van der Waals surface area (Å²) >= 11 is 0. The summed E-state index contributed by atoms with van der Waals surface area (Å²) < 4.78 is 0. The number of hydrogen-bond acceptors (Lipinski definition) is 4. The highest BCUT2D eigenvalue weighted by atomic mass is 16.2. The van der Waals surface area contributed by atoms with Crippen molar-refractivity contribution < 1.29 is 4.79 Å². The number of aromatic nitrogens is 2. The van der Waals surface area contributed by atoms with Gasteiger partial charge in [0.05, 0.1) is 11.7 Å². The Balaban J connectivity index is 1.53. The Kier molecular flexibility index (Phi) is 5.60. The minimum atomic E-state index is 0.0965. The van der Waals surface area contributed by atoms with E-state index >= 15 is 0 Å². The molecule has 5 heteroatoms. The fourth-order valence-electron chi connectivity index (χ4n) is 4.64. The molecule has 2 aliphatic rings. The second-order valence-corrected chi connectivity index (χ2v) is 8.32. The first-order chi connectivity index (χ1) is 13.6. The SMILES string of the molecule is Cc1cc(Nc2ncccc2C)cc([C@H]2CCCN2C(=O)CC2CCCC2)n1. The van der Waals surface area contributed by atoms with E-state index in [1.54, 1.807) is 6.20 Å². The van der Waals surface area contributed by atoms with Crippen molar-refractivity contribution in [3.8, 4) is 0 Å². The van der Waals surface area contributed by atoms with Gasteiger partial charge in [0.2, 0.25) is 5.91 Å². The van der Waals surface area contributed by atoms with E-state index in [1.807, 2.05) is 32.0 Å². The molecule has 2 aromatic heterocycles. The van der Waals surface area contributed by atoms with Crippen molar-refractivity contribution in [1.29, 1.82) is 0 Å². The normalized spacial score (nSPS) is 19.9. The van der Waals surface area contributed by atoms with Gasteiger partial charge in [0.25, 0.3) is 0 Å². The highest BCUT2D eigenvalue weighted by Crippen LogP contribution is 2.35. The topological polar surface area (TPSA) is 58.1 Å². The minimum Gasteiger partial charge on any atom is -0.340 e.